The van der Waals surface area contributed by atoms with E-state index in [2.05, 4.69) is 42.3 Å². The summed E-state index contributed by atoms with van der Waals surface area (Å²) < 4.78 is 0. The Labute approximate surface area is 117 Å². The number of nitrogens with one attached hydrogen (secondary N) is 1. The van der Waals surface area contributed by atoms with Crippen molar-refractivity contribution in [2.45, 2.75) is 58.2 Å². The van der Waals surface area contributed by atoms with Crippen LogP contribution in [0.1, 0.15) is 42.4 Å². The molecule has 104 valence electrons. The van der Waals surface area contributed by atoms with Gasteiger partial charge in [-0.1, -0.05) is 23.8 Å². The van der Waals surface area contributed by atoms with Crippen molar-refractivity contribution in [3.8, 4) is 0 Å². The van der Waals surface area contributed by atoms with Crippen LogP contribution in [0.5, 0.6) is 0 Å². The molecule has 0 radical (unpaired) electrons. The summed E-state index contributed by atoms with van der Waals surface area (Å²) >= 11 is 0. The third kappa shape index (κ3) is 3.58. The molecule has 1 atom stereocenters. The fourth-order valence-corrected chi connectivity index (χ4v) is 3.18. The minimum Gasteiger partial charge on any atom is -0.310 e. The molecule has 1 saturated carbocycles. The molecule has 2 fully saturated rings. The van der Waals surface area contributed by atoms with Crippen molar-refractivity contribution in [3.63, 3.8) is 0 Å². The average molecular weight is 258 g/mol. The molecular weight excluding hydrogens is 232 g/mol. The molecule has 3 rings (SSSR count). The van der Waals surface area contributed by atoms with Crippen molar-refractivity contribution in [1.82, 2.24) is 10.2 Å². The molecule has 1 aromatic rings. The van der Waals surface area contributed by atoms with Crippen LogP contribution in [0, 0.1) is 13.8 Å². The summed E-state index contributed by atoms with van der Waals surface area (Å²) in [7, 11) is 0. The Kier molecular flexibility index (Phi) is 3.90. The summed E-state index contributed by atoms with van der Waals surface area (Å²) in [5, 5.41) is 3.79. The van der Waals surface area contributed by atoms with E-state index < -0.39 is 0 Å². The first-order valence-electron chi connectivity index (χ1n) is 7.75. The Bertz CT molecular complexity index is 437. The van der Waals surface area contributed by atoms with E-state index in [-0.39, 0.29) is 0 Å². The van der Waals surface area contributed by atoms with Crippen molar-refractivity contribution in [2.24, 2.45) is 0 Å². The quantitative estimate of drug-likeness (QED) is 0.893. The lowest BCUT2D eigenvalue weighted by molar-refractivity contribution is 0.182. The van der Waals surface area contributed by atoms with Gasteiger partial charge in [0.2, 0.25) is 0 Å². The number of hydrogen-bond acceptors (Lipinski definition) is 2. The molecule has 1 N–H and O–H groups in total. The third-order valence-corrected chi connectivity index (χ3v) is 4.45. The van der Waals surface area contributed by atoms with E-state index in [4.69, 9.17) is 0 Å². The summed E-state index contributed by atoms with van der Waals surface area (Å²) in [5.41, 5.74) is 4.31. The fourth-order valence-electron chi connectivity index (χ4n) is 3.18. The lowest BCUT2D eigenvalue weighted by Crippen LogP contribution is -2.46. The van der Waals surface area contributed by atoms with E-state index in [1.54, 1.807) is 0 Å². The summed E-state index contributed by atoms with van der Waals surface area (Å²) in [6.07, 6.45) is 5.50. The van der Waals surface area contributed by atoms with Crippen LogP contribution in [-0.4, -0.2) is 30.1 Å². The molecule has 0 aromatic heterocycles. The van der Waals surface area contributed by atoms with Crippen LogP contribution >= 0.6 is 0 Å². The number of hydrogen-bond donors (Lipinski definition) is 1. The van der Waals surface area contributed by atoms with Crippen molar-refractivity contribution in [1.29, 1.82) is 0 Å². The van der Waals surface area contributed by atoms with Gasteiger partial charge in [0.05, 0.1) is 0 Å². The van der Waals surface area contributed by atoms with Crippen LogP contribution in [0.25, 0.3) is 0 Å². The van der Waals surface area contributed by atoms with Crippen molar-refractivity contribution < 1.29 is 0 Å². The molecular formula is C17H26N2. The minimum atomic E-state index is 0.729. The van der Waals surface area contributed by atoms with Crippen LogP contribution in [0.2, 0.25) is 0 Å². The van der Waals surface area contributed by atoms with Gasteiger partial charge in [-0.2, -0.15) is 0 Å². The number of nitrogens with zero attached hydrogens (tertiary/aromatic N) is 1. The summed E-state index contributed by atoms with van der Waals surface area (Å²) in [6.45, 7) is 8.02. The zero-order chi connectivity index (χ0) is 13.2. The number of benzene rings is 1. The van der Waals surface area contributed by atoms with Crippen molar-refractivity contribution in [3.05, 3.63) is 34.9 Å². The van der Waals surface area contributed by atoms with E-state index in [1.165, 1.54) is 55.5 Å². The zero-order valence-electron chi connectivity index (χ0n) is 12.3. The van der Waals surface area contributed by atoms with Crippen molar-refractivity contribution >= 4 is 0 Å². The van der Waals surface area contributed by atoms with Gasteiger partial charge in [0.15, 0.2) is 0 Å². The fraction of sp³-hybridized carbons (Fsp3) is 0.647. The Hall–Kier alpha value is -0.860. The van der Waals surface area contributed by atoms with Gasteiger partial charge in [-0.15, -0.1) is 0 Å². The van der Waals surface area contributed by atoms with E-state index in [0.29, 0.717) is 0 Å². The minimum absolute atomic E-state index is 0.729. The van der Waals surface area contributed by atoms with Crippen LogP contribution < -0.4 is 5.32 Å². The first-order chi connectivity index (χ1) is 9.20. The molecule has 0 spiro atoms. The first-order valence-corrected chi connectivity index (χ1v) is 7.75. The highest BCUT2D eigenvalue weighted by atomic mass is 15.2. The van der Waals surface area contributed by atoms with Crippen LogP contribution in [0.15, 0.2) is 18.2 Å². The monoisotopic (exact) mass is 258 g/mol. The maximum atomic E-state index is 3.79. The molecule has 2 heteroatoms. The molecule has 1 saturated heterocycles. The molecule has 1 aliphatic heterocycles. The topological polar surface area (TPSA) is 15.3 Å². The average Bonchev–Trinajstić information content (AvgIpc) is 3.17. The Balaban J connectivity index is 1.58. The highest BCUT2D eigenvalue weighted by molar-refractivity contribution is 5.30. The lowest BCUT2D eigenvalue weighted by atomic mass is 10.0. The lowest BCUT2D eigenvalue weighted by Gasteiger charge is -2.33. The van der Waals surface area contributed by atoms with E-state index in [0.717, 1.165) is 18.6 Å². The first kappa shape index (κ1) is 13.1. The van der Waals surface area contributed by atoms with E-state index in [1.807, 2.05) is 0 Å². The molecule has 1 unspecified atom stereocenters. The molecule has 1 heterocycles. The predicted octanol–water partition coefficient (Wildman–Crippen LogP) is 3.02. The zero-order valence-corrected chi connectivity index (χ0v) is 12.3. The predicted molar refractivity (Wildman–Crippen MR) is 80.4 cm³/mol. The van der Waals surface area contributed by atoms with Gasteiger partial charge in [0, 0.05) is 25.2 Å². The van der Waals surface area contributed by atoms with E-state index in [9.17, 15) is 0 Å². The van der Waals surface area contributed by atoms with Crippen LogP contribution in [-0.2, 0) is 6.54 Å². The van der Waals surface area contributed by atoms with Gasteiger partial charge in [-0.25, -0.2) is 0 Å². The van der Waals surface area contributed by atoms with Gasteiger partial charge < -0.3 is 5.32 Å². The van der Waals surface area contributed by atoms with Gasteiger partial charge in [0.1, 0.15) is 0 Å². The highest BCUT2D eigenvalue weighted by Gasteiger charge is 2.27. The third-order valence-electron chi connectivity index (χ3n) is 4.45. The summed E-state index contributed by atoms with van der Waals surface area (Å²) in [5.74, 6) is 0. The molecule has 0 bridgehead atoms. The summed E-state index contributed by atoms with van der Waals surface area (Å²) in [4.78, 5) is 2.63. The normalized spacial score (nSPS) is 24.6. The van der Waals surface area contributed by atoms with Gasteiger partial charge in [-0.05, 0) is 57.2 Å². The van der Waals surface area contributed by atoms with Crippen LogP contribution in [0.3, 0.4) is 0 Å². The standard InChI is InChI=1S/C17H26N2/c1-13-5-6-15(14(2)10-13)11-19-9-3-4-17(12-19)18-16-7-8-16/h5-6,10,16-18H,3-4,7-9,11-12H2,1-2H3. The van der Waals surface area contributed by atoms with E-state index >= 15 is 0 Å². The second kappa shape index (κ2) is 5.64. The van der Waals surface area contributed by atoms with Gasteiger partial charge in [0.25, 0.3) is 0 Å². The molecule has 1 aromatic carbocycles. The second-order valence-corrected chi connectivity index (χ2v) is 6.45. The number of rotatable bonds is 4. The Morgan fingerprint density at radius 3 is 2.74 bits per heavy atom. The largest absolute Gasteiger partial charge is 0.310 e. The maximum Gasteiger partial charge on any atom is 0.0237 e. The number of aryl methyl sites for hydroxylation is 2. The molecule has 2 aliphatic rings. The molecule has 19 heavy (non-hydrogen) atoms. The molecule has 0 amide bonds. The van der Waals surface area contributed by atoms with Gasteiger partial charge >= 0.3 is 0 Å². The smallest absolute Gasteiger partial charge is 0.0237 e. The Morgan fingerprint density at radius 1 is 1.16 bits per heavy atom. The highest BCUT2D eigenvalue weighted by Crippen LogP contribution is 2.23. The molecule has 2 nitrogen and oxygen atoms in total. The summed E-state index contributed by atoms with van der Waals surface area (Å²) in [6, 6.07) is 8.42. The number of piperidine rings is 1. The maximum absolute atomic E-state index is 3.79. The van der Waals surface area contributed by atoms with Crippen LogP contribution in [0.4, 0.5) is 0 Å². The number of likely N-dealkylation sites (tertiary alicyclic amines) is 1. The molecule has 1 aliphatic carbocycles. The second-order valence-electron chi connectivity index (χ2n) is 6.45. The SMILES string of the molecule is Cc1ccc(CN2CCCC(NC3CC3)C2)c(C)c1. The van der Waals surface area contributed by atoms with Gasteiger partial charge in [-0.3, -0.25) is 4.90 Å². The van der Waals surface area contributed by atoms with Crippen molar-refractivity contribution in [2.75, 3.05) is 13.1 Å². The Morgan fingerprint density at radius 2 is 2.00 bits per heavy atom.